The van der Waals surface area contributed by atoms with Crippen LogP contribution in [0.5, 0.6) is 0 Å². The third kappa shape index (κ3) is 3.27. The van der Waals surface area contributed by atoms with E-state index < -0.39 is 21.7 Å². The van der Waals surface area contributed by atoms with Gasteiger partial charge in [-0.3, -0.25) is 4.79 Å². The summed E-state index contributed by atoms with van der Waals surface area (Å²) in [5.74, 6) is -1.04. The molecule has 0 bridgehead atoms. The van der Waals surface area contributed by atoms with Crippen LogP contribution in [0.25, 0.3) is 0 Å². The predicted molar refractivity (Wildman–Crippen MR) is 70.9 cm³/mol. The number of carbonyl (C=O) groups is 1. The molecule has 1 heterocycles. The Kier molecular flexibility index (Phi) is 4.47. The highest BCUT2D eigenvalue weighted by molar-refractivity contribution is 7.87. The van der Waals surface area contributed by atoms with Gasteiger partial charge in [0.25, 0.3) is 10.2 Å². The molecule has 7 heteroatoms. The lowest BCUT2D eigenvalue weighted by Crippen LogP contribution is -2.57. The van der Waals surface area contributed by atoms with Crippen molar-refractivity contribution in [3.05, 3.63) is 0 Å². The number of nitrogens with zero attached hydrogens (tertiary/aromatic N) is 1. The quantitative estimate of drug-likeness (QED) is 0.759. The fraction of sp³-hybridized carbons (Fsp3) is 0.917. The Morgan fingerprint density at radius 1 is 1.00 bits per heavy atom. The van der Waals surface area contributed by atoms with Crippen LogP contribution >= 0.6 is 0 Å². The average molecular weight is 290 g/mol. The molecule has 0 aromatic rings. The van der Waals surface area contributed by atoms with Crippen LogP contribution in [-0.2, 0) is 15.0 Å². The Morgan fingerprint density at radius 2 is 1.53 bits per heavy atom. The lowest BCUT2D eigenvalue weighted by molar-refractivity contribution is -0.144. The summed E-state index contributed by atoms with van der Waals surface area (Å²) in [5.41, 5.74) is -1.31. The Bertz CT molecular complexity index is 421. The second kappa shape index (κ2) is 5.76. The van der Waals surface area contributed by atoms with E-state index in [4.69, 9.17) is 0 Å². The summed E-state index contributed by atoms with van der Waals surface area (Å²) in [7, 11) is -3.68. The van der Waals surface area contributed by atoms with Gasteiger partial charge >= 0.3 is 5.97 Å². The third-order valence-corrected chi connectivity index (χ3v) is 5.79. The van der Waals surface area contributed by atoms with Gasteiger partial charge in [-0.15, -0.1) is 0 Å². The Balaban J connectivity index is 2.17. The van der Waals surface area contributed by atoms with Gasteiger partial charge < -0.3 is 5.11 Å². The van der Waals surface area contributed by atoms with E-state index in [9.17, 15) is 18.3 Å². The van der Waals surface area contributed by atoms with Gasteiger partial charge in [0, 0.05) is 13.1 Å². The number of carboxylic acids is 1. The van der Waals surface area contributed by atoms with Crippen molar-refractivity contribution in [3.8, 4) is 0 Å². The van der Waals surface area contributed by atoms with E-state index in [1.165, 1.54) is 4.31 Å². The lowest BCUT2D eigenvalue weighted by atomic mass is 9.92. The highest BCUT2D eigenvalue weighted by atomic mass is 32.2. The lowest BCUT2D eigenvalue weighted by Gasteiger charge is -2.31. The molecule has 1 saturated heterocycles. The predicted octanol–water partition coefficient (Wildman–Crippen LogP) is 1.09. The number of aliphatic carboxylic acids is 1. The highest BCUT2D eigenvalue weighted by Gasteiger charge is 2.43. The minimum absolute atomic E-state index is 0.384. The standard InChI is InChI=1S/C12H22N2O4S/c15-11(16)12(7-3-1-2-4-8-12)13-19(17,18)14-9-5-6-10-14/h13H,1-10H2,(H,15,16). The number of hydrogen-bond acceptors (Lipinski definition) is 3. The van der Waals surface area contributed by atoms with Gasteiger partial charge in [0.1, 0.15) is 5.54 Å². The van der Waals surface area contributed by atoms with Crippen LogP contribution in [0.15, 0.2) is 0 Å². The van der Waals surface area contributed by atoms with E-state index in [1.807, 2.05) is 0 Å². The normalized spacial score (nSPS) is 25.1. The maximum Gasteiger partial charge on any atom is 0.324 e. The van der Waals surface area contributed by atoms with Crippen LogP contribution in [0.1, 0.15) is 51.4 Å². The van der Waals surface area contributed by atoms with Crippen LogP contribution in [-0.4, -0.2) is 42.4 Å². The van der Waals surface area contributed by atoms with E-state index >= 15 is 0 Å². The van der Waals surface area contributed by atoms with Crippen molar-refractivity contribution in [2.75, 3.05) is 13.1 Å². The molecule has 1 aliphatic carbocycles. The average Bonchev–Trinajstić information content (AvgIpc) is 2.78. The summed E-state index contributed by atoms with van der Waals surface area (Å²) in [4.78, 5) is 11.6. The first-order valence-corrected chi connectivity index (χ1v) is 8.43. The molecule has 0 atom stereocenters. The van der Waals surface area contributed by atoms with E-state index in [0.29, 0.717) is 25.9 Å². The van der Waals surface area contributed by atoms with Crippen LogP contribution in [0.4, 0.5) is 0 Å². The molecule has 2 fully saturated rings. The van der Waals surface area contributed by atoms with Crippen LogP contribution in [0, 0.1) is 0 Å². The minimum Gasteiger partial charge on any atom is -0.480 e. The highest BCUT2D eigenvalue weighted by Crippen LogP contribution is 2.29. The van der Waals surface area contributed by atoms with Crippen molar-refractivity contribution in [3.63, 3.8) is 0 Å². The molecule has 0 radical (unpaired) electrons. The molecule has 110 valence electrons. The van der Waals surface area contributed by atoms with Crippen molar-refractivity contribution < 1.29 is 18.3 Å². The monoisotopic (exact) mass is 290 g/mol. The van der Waals surface area contributed by atoms with Gasteiger partial charge in [-0.2, -0.15) is 17.4 Å². The zero-order chi connectivity index (χ0) is 13.9. The fourth-order valence-corrected chi connectivity index (χ4v) is 4.58. The van der Waals surface area contributed by atoms with Gasteiger partial charge in [0.2, 0.25) is 0 Å². The molecule has 1 aliphatic heterocycles. The third-order valence-electron chi connectivity index (χ3n) is 4.10. The molecular formula is C12H22N2O4S. The van der Waals surface area contributed by atoms with Crippen molar-refractivity contribution in [2.24, 2.45) is 0 Å². The molecule has 2 rings (SSSR count). The van der Waals surface area contributed by atoms with Crippen molar-refractivity contribution >= 4 is 16.2 Å². The number of rotatable bonds is 4. The smallest absolute Gasteiger partial charge is 0.324 e. The summed E-state index contributed by atoms with van der Waals surface area (Å²) >= 11 is 0. The van der Waals surface area contributed by atoms with Gasteiger partial charge in [-0.25, -0.2) is 0 Å². The summed E-state index contributed by atoms with van der Waals surface area (Å²) in [6, 6.07) is 0. The van der Waals surface area contributed by atoms with Crippen molar-refractivity contribution in [2.45, 2.75) is 56.9 Å². The second-order valence-corrected chi connectivity index (χ2v) is 7.19. The van der Waals surface area contributed by atoms with Crippen LogP contribution in [0.3, 0.4) is 0 Å². The SMILES string of the molecule is O=C(O)C1(NS(=O)(=O)N2CCCC2)CCCCCC1. The summed E-state index contributed by atoms with van der Waals surface area (Å²) in [6.07, 6.45) is 5.93. The maximum absolute atomic E-state index is 12.3. The first-order valence-electron chi connectivity index (χ1n) is 6.99. The zero-order valence-corrected chi connectivity index (χ0v) is 11.9. The Morgan fingerprint density at radius 3 is 2.00 bits per heavy atom. The first kappa shape index (κ1) is 14.7. The molecule has 1 saturated carbocycles. The van der Waals surface area contributed by atoms with E-state index in [2.05, 4.69) is 4.72 Å². The summed E-state index contributed by atoms with van der Waals surface area (Å²) < 4.78 is 28.4. The molecule has 0 spiro atoms. The van der Waals surface area contributed by atoms with Gasteiger partial charge in [-0.1, -0.05) is 25.7 Å². The molecular weight excluding hydrogens is 268 g/mol. The Hall–Kier alpha value is -0.660. The van der Waals surface area contributed by atoms with Gasteiger partial charge in [0.15, 0.2) is 0 Å². The summed E-state index contributed by atoms with van der Waals surface area (Å²) in [5, 5.41) is 9.47. The number of carboxylic acid groups (broad SMARTS) is 1. The molecule has 0 unspecified atom stereocenters. The van der Waals surface area contributed by atoms with Crippen LogP contribution < -0.4 is 4.72 Å². The fourth-order valence-electron chi connectivity index (χ4n) is 2.93. The molecule has 0 amide bonds. The van der Waals surface area contributed by atoms with Crippen LogP contribution in [0.2, 0.25) is 0 Å². The van der Waals surface area contributed by atoms with Crippen molar-refractivity contribution in [1.29, 1.82) is 0 Å². The first-order chi connectivity index (χ1) is 8.96. The largest absolute Gasteiger partial charge is 0.480 e. The topological polar surface area (TPSA) is 86.7 Å². The molecule has 0 aromatic heterocycles. The van der Waals surface area contributed by atoms with E-state index in [1.54, 1.807) is 0 Å². The van der Waals surface area contributed by atoms with Gasteiger partial charge in [0.05, 0.1) is 0 Å². The summed E-state index contributed by atoms with van der Waals surface area (Å²) in [6.45, 7) is 0.982. The molecule has 19 heavy (non-hydrogen) atoms. The molecule has 6 nitrogen and oxygen atoms in total. The number of hydrogen-bond donors (Lipinski definition) is 2. The zero-order valence-electron chi connectivity index (χ0n) is 11.1. The molecule has 0 aromatic carbocycles. The molecule has 2 N–H and O–H groups in total. The number of nitrogens with one attached hydrogen (secondary N) is 1. The molecule has 2 aliphatic rings. The van der Waals surface area contributed by atoms with E-state index in [0.717, 1.165) is 38.5 Å². The minimum atomic E-state index is -3.68. The maximum atomic E-state index is 12.3. The van der Waals surface area contributed by atoms with E-state index in [-0.39, 0.29) is 0 Å². The van der Waals surface area contributed by atoms with Crippen molar-refractivity contribution in [1.82, 2.24) is 9.03 Å². The Labute approximate surface area is 114 Å². The second-order valence-electron chi connectivity index (χ2n) is 5.51. The van der Waals surface area contributed by atoms with Gasteiger partial charge in [-0.05, 0) is 25.7 Å².